The monoisotopic (exact) mass is 335 g/mol. The van der Waals surface area contributed by atoms with E-state index >= 15 is 0 Å². The zero-order chi connectivity index (χ0) is 13.9. The molecule has 0 radical (unpaired) electrons. The van der Waals surface area contributed by atoms with Crippen LogP contribution >= 0.6 is 15.9 Å². The number of benzene rings is 1. The van der Waals surface area contributed by atoms with Gasteiger partial charge >= 0.3 is 0 Å². The van der Waals surface area contributed by atoms with Gasteiger partial charge in [-0.1, -0.05) is 15.9 Å². The standard InChI is InChI=1S/C15H18BrN3O/c1-17-7-11-6-12(16)2-5-15(11)20-9-14-8-18-10-19(14)13-3-4-13/h2,5-6,8,10,13,17H,3-4,7,9H2,1H3. The van der Waals surface area contributed by atoms with Crippen molar-refractivity contribution in [3.63, 3.8) is 0 Å². The average Bonchev–Trinajstić information content (AvgIpc) is 3.17. The van der Waals surface area contributed by atoms with E-state index in [1.165, 1.54) is 12.8 Å². The van der Waals surface area contributed by atoms with Crippen molar-refractivity contribution in [2.24, 2.45) is 0 Å². The van der Waals surface area contributed by atoms with E-state index in [1.807, 2.05) is 31.7 Å². The SMILES string of the molecule is CNCc1cc(Br)ccc1OCc1cncn1C1CC1. The highest BCUT2D eigenvalue weighted by Crippen LogP contribution is 2.36. The first-order chi connectivity index (χ1) is 9.78. The Hall–Kier alpha value is -1.33. The minimum absolute atomic E-state index is 0.564. The van der Waals surface area contributed by atoms with E-state index in [4.69, 9.17) is 4.74 Å². The summed E-state index contributed by atoms with van der Waals surface area (Å²) < 4.78 is 9.29. The predicted octanol–water partition coefficient (Wildman–Crippen LogP) is 3.28. The molecule has 1 saturated carbocycles. The summed E-state index contributed by atoms with van der Waals surface area (Å²) in [7, 11) is 1.94. The molecular weight excluding hydrogens is 318 g/mol. The molecule has 3 rings (SSSR count). The van der Waals surface area contributed by atoms with Gasteiger partial charge < -0.3 is 14.6 Å². The molecule has 1 aliphatic carbocycles. The molecule has 0 unspecified atom stereocenters. The van der Waals surface area contributed by atoms with Gasteiger partial charge in [-0.3, -0.25) is 0 Å². The molecule has 1 aromatic heterocycles. The molecule has 20 heavy (non-hydrogen) atoms. The van der Waals surface area contributed by atoms with E-state index in [2.05, 4.69) is 36.9 Å². The molecule has 0 bridgehead atoms. The van der Waals surface area contributed by atoms with E-state index in [9.17, 15) is 0 Å². The molecule has 0 amide bonds. The van der Waals surface area contributed by atoms with Gasteiger partial charge in [0.1, 0.15) is 12.4 Å². The first kappa shape index (κ1) is 13.6. The molecule has 106 valence electrons. The largest absolute Gasteiger partial charge is 0.487 e. The summed E-state index contributed by atoms with van der Waals surface area (Å²) in [6.07, 6.45) is 6.32. The number of nitrogens with one attached hydrogen (secondary N) is 1. The van der Waals surface area contributed by atoms with Crippen molar-refractivity contribution in [3.8, 4) is 5.75 Å². The van der Waals surface area contributed by atoms with Crippen LogP contribution in [0.2, 0.25) is 0 Å². The molecule has 0 spiro atoms. The van der Waals surface area contributed by atoms with Crippen molar-refractivity contribution in [3.05, 3.63) is 46.5 Å². The van der Waals surface area contributed by atoms with E-state index in [-0.39, 0.29) is 0 Å². The van der Waals surface area contributed by atoms with Crippen LogP contribution in [0.15, 0.2) is 35.2 Å². The average molecular weight is 336 g/mol. The van der Waals surface area contributed by atoms with Gasteiger partial charge in [0.25, 0.3) is 0 Å². The molecular formula is C15H18BrN3O. The topological polar surface area (TPSA) is 39.1 Å². The summed E-state index contributed by atoms with van der Waals surface area (Å²) in [4.78, 5) is 4.23. The number of hydrogen-bond donors (Lipinski definition) is 1. The van der Waals surface area contributed by atoms with Gasteiger partial charge in [0.2, 0.25) is 0 Å². The van der Waals surface area contributed by atoms with Crippen molar-refractivity contribution in [1.82, 2.24) is 14.9 Å². The molecule has 1 N–H and O–H groups in total. The predicted molar refractivity (Wildman–Crippen MR) is 81.7 cm³/mol. The highest BCUT2D eigenvalue weighted by molar-refractivity contribution is 9.10. The van der Waals surface area contributed by atoms with Crippen LogP contribution in [0, 0.1) is 0 Å². The Morgan fingerprint density at radius 2 is 2.30 bits per heavy atom. The maximum absolute atomic E-state index is 5.99. The molecule has 1 heterocycles. The van der Waals surface area contributed by atoms with Crippen LogP contribution in [0.1, 0.15) is 30.1 Å². The highest BCUT2D eigenvalue weighted by Gasteiger charge is 2.25. The zero-order valence-corrected chi connectivity index (χ0v) is 13.1. The molecule has 1 aromatic carbocycles. The van der Waals surface area contributed by atoms with E-state index in [0.717, 1.165) is 28.0 Å². The summed E-state index contributed by atoms with van der Waals surface area (Å²) in [5, 5.41) is 3.17. The van der Waals surface area contributed by atoms with Gasteiger partial charge in [-0.25, -0.2) is 4.98 Å². The highest BCUT2D eigenvalue weighted by atomic mass is 79.9. The fourth-order valence-corrected chi connectivity index (χ4v) is 2.70. The van der Waals surface area contributed by atoms with Crippen LogP contribution in [-0.2, 0) is 13.2 Å². The number of halogens is 1. The van der Waals surface area contributed by atoms with Crippen LogP contribution < -0.4 is 10.1 Å². The van der Waals surface area contributed by atoms with Crippen molar-refractivity contribution in [2.45, 2.75) is 32.0 Å². The Morgan fingerprint density at radius 3 is 3.05 bits per heavy atom. The van der Waals surface area contributed by atoms with E-state index in [1.54, 1.807) is 0 Å². The van der Waals surface area contributed by atoms with Gasteiger partial charge in [-0.05, 0) is 38.1 Å². The number of aromatic nitrogens is 2. The Balaban J connectivity index is 1.72. The molecule has 2 aromatic rings. The molecule has 1 aliphatic rings. The van der Waals surface area contributed by atoms with Crippen molar-refractivity contribution < 1.29 is 4.74 Å². The minimum atomic E-state index is 0.564. The van der Waals surface area contributed by atoms with Crippen molar-refractivity contribution >= 4 is 15.9 Å². The molecule has 1 fully saturated rings. The van der Waals surface area contributed by atoms with Crippen LogP contribution in [0.3, 0.4) is 0 Å². The Morgan fingerprint density at radius 1 is 1.45 bits per heavy atom. The van der Waals surface area contributed by atoms with Gasteiger partial charge in [-0.2, -0.15) is 0 Å². The second-order valence-electron chi connectivity index (χ2n) is 5.09. The third-order valence-electron chi connectivity index (χ3n) is 3.45. The maximum atomic E-state index is 5.99. The van der Waals surface area contributed by atoms with Crippen molar-refractivity contribution in [2.75, 3.05) is 7.05 Å². The lowest BCUT2D eigenvalue weighted by Crippen LogP contribution is -2.09. The lowest BCUT2D eigenvalue weighted by Gasteiger charge is -2.13. The van der Waals surface area contributed by atoms with Gasteiger partial charge in [0.15, 0.2) is 0 Å². The normalized spacial score (nSPS) is 14.5. The number of imidazole rings is 1. The minimum Gasteiger partial charge on any atom is -0.487 e. The summed E-state index contributed by atoms with van der Waals surface area (Å²) in [6.45, 7) is 1.35. The summed E-state index contributed by atoms with van der Waals surface area (Å²) >= 11 is 3.50. The number of hydrogen-bond acceptors (Lipinski definition) is 3. The van der Waals surface area contributed by atoms with Crippen LogP contribution in [0.4, 0.5) is 0 Å². The van der Waals surface area contributed by atoms with Crippen LogP contribution in [0.25, 0.3) is 0 Å². The summed E-state index contributed by atoms with van der Waals surface area (Å²) in [5.74, 6) is 0.922. The third kappa shape index (κ3) is 3.04. The first-order valence-electron chi connectivity index (χ1n) is 6.84. The fourth-order valence-electron chi connectivity index (χ4n) is 2.29. The second kappa shape index (κ2) is 5.97. The molecule has 0 atom stereocenters. The lowest BCUT2D eigenvalue weighted by molar-refractivity contribution is 0.291. The zero-order valence-electron chi connectivity index (χ0n) is 11.5. The molecule has 0 saturated heterocycles. The van der Waals surface area contributed by atoms with Crippen molar-refractivity contribution in [1.29, 1.82) is 0 Å². The third-order valence-corrected chi connectivity index (χ3v) is 3.95. The Kier molecular flexibility index (Phi) is 4.08. The van der Waals surface area contributed by atoms with Gasteiger partial charge in [0, 0.05) is 22.6 Å². The van der Waals surface area contributed by atoms with Crippen LogP contribution in [0.5, 0.6) is 5.75 Å². The summed E-state index contributed by atoms with van der Waals surface area (Å²) in [6, 6.07) is 6.74. The number of ether oxygens (including phenoxy) is 1. The van der Waals surface area contributed by atoms with Gasteiger partial charge in [0.05, 0.1) is 18.2 Å². The quantitative estimate of drug-likeness (QED) is 0.880. The Labute approximate surface area is 127 Å². The van der Waals surface area contributed by atoms with E-state index in [0.29, 0.717) is 12.6 Å². The smallest absolute Gasteiger partial charge is 0.130 e. The molecule has 5 heteroatoms. The fraction of sp³-hybridized carbons (Fsp3) is 0.400. The van der Waals surface area contributed by atoms with E-state index < -0.39 is 0 Å². The summed E-state index contributed by atoms with van der Waals surface area (Å²) in [5.41, 5.74) is 2.30. The van der Waals surface area contributed by atoms with Crippen LogP contribution in [-0.4, -0.2) is 16.6 Å². The number of nitrogens with zero attached hydrogens (tertiary/aromatic N) is 2. The first-order valence-corrected chi connectivity index (χ1v) is 7.64. The maximum Gasteiger partial charge on any atom is 0.130 e. The lowest BCUT2D eigenvalue weighted by atomic mass is 10.2. The molecule has 4 nitrogen and oxygen atoms in total. The Bertz CT molecular complexity index is 593. The second-order valence-corrected chi connectivity index (χ2v) is 6.01. The molecule has 0 aliphatic heterocycles. The number of rotatable bonds is 6. The van der Waals surface area contributed by atoms with Gasteiger partial charge in [-0.15, -0.1) is 0 Å².